The summed E-state index contributed by atoms with van der Waals surface area (Å²) in [7, 11) is -2.46. The maximum atomic E-state index is 13.0. The first-order valence-corrected chi connectivity index (χ1v) is 16.7. The summed E-state index contributed by atoms with van der Waals surface area (Å²) < 4.78 is 27.8. The molecule has 2 aliphatic rings. The molecule has 2 aromatic carbocycles. The number of urea groups is 1. The van der Waals surface area contributed by atoms with Crippen molar-refractivity contribution in [3.63, 3.8) is 0 Å². The number of aryl methyl sites for hydroxylation is 1. The Morgan fingerprint density at radius 1 is 1.11 bits per heavy atom. The third-order valence-corrected chi connectivity index (χ3v) is 10.4. The summed E-state index contributed by atoms with van der Waals surface area (Å²) in [5, 5.41) is 22.6. The number of carbonyl (C=O) groups excluding carboxylic acids is 3. The summed E-state index contributed by atoms with van der Waals surface area (Å²) in [4.78, 5) is 40.4. The minimum absolute atomic E-state index is 0.134. The van der Waals surface area contributed by atoms with Crippen LogP contribution < -0.4 is 10.2 Å². The predicted octanol–water partition coefficient (Wildman–Crippen LogP) is 3.29. The molecule has 2 saturated heterocycles. The van der Waals surface area contributed by atoms with Crippen molar-refractivity contribution in [2.75, 3.05) is 31.1 Å². The van der Waals surface area contributed by atoms with Crippen molar-refractivity contribution in [1.82, 2.24) is 30.2 Å². The van der Waals surface area contributed by atoms with Crippen LogP contribution in [-0.4, -0.2) is 76.5 Å². The van der Waals surface area contributed by atoms with Crippen LogP contribution in [0.5, 0.6) is 0 Å². The van der Waals surface area contributed by atoms with Gasteiger partial charge in [0.25, 0.3) is 0 Å². The van der Waals surface area contributed by atoms with Crippen LogP contribution in [0.4, 0.5) is 10.6 Å². The molecule has 0 bridgehead atoms. The number of H-pyrrole nitrogens is 1. The smallest absolute Gasteiger partial charge is 0.303 e. The Bertz CT molecular complexity index is 1970. The Labute approximate surface area is 266 Å². The molecule has 0 aliphatic carbocycles. The van der Waals surface area contributed by atoms with E-state index in [-0.39, 0.29) is 28.8 Å². The van der Waals surface area contributed by atoms with Gasteiger partial charge >= 0.3 is 11.1 Å². The predicted molar refractivity (Wildman–Crippen MR) is 169 cm³/mol. The molecule has 0 spiro atoms. The summed E-state index contributed by atoms with van der Waals surface area (Å²) in [5.41, 5.74) is 2.95. The highest BCUT2D eigenvalue weighted by molar-refractivity contribution is 8.06. The lowest BCUT2D eigenvalue weighted by Gasteiger charge is -2.34. The summed E-state index contributed by atoms with van der Waals surface area (Å²) >= 11 is 0. The van der Waals surface area contributed by atoms with E-state index in [1.54, 1.807) is 4.68 Å². The lowest BCUT2D eigenvalue weighted by Crippen LogP contribution is -2.49. The maximum Gasteiger partial charge on any atom is 0.329 e. The van der Waals surface area contributed by atoms with Crippen molar-refractivity contribution >= 4 is 43.6 Å². The fraction of sp³-hybridized carbons (Fsp3) is 0.375. The van der Waals surface area contributed by atoms with Gasteiger partial charge in [0.15, 0.2) is 5.82 Å². The summed E-state index contributed by atoms with van der Waals surface area (Å²) in [6.45, 7) is 4.94. The van der Waals surface area contributed by atoms with Gasteiger partial charge in [-0.05, 0) is 91.7 Å². The van der Waals surface area contributed by atoms with Crippen molar-refractivity contribution in [3.05, 3.63) is 71.0 Å². The summed E-state index contributed by atoms with van der Waals surface area (Å²) in [6, 6.07) is 13.5. The molecule has 4 aromatic rings. The number of fused-ring (bicyclic) bond motifs is 1. The molecule has 0 radical (unpaired) electrons. The number of sulfone groups is 1. The van der Waals surface area contributed by atoms with E-state index < -0.39 is 21.0 Å². The van der Waals surface area contributed by atoms with Gasteiger partial charge < -0.3 is 4.90 Å². The molecule has 1 unspecified atom stereocenters. The Balaban J connectivity index is 1.09. The molecule has 13 nitrogen and oxygen atoms in total. The average Bonchev–Trinajstić information content (AvgIpc) is 3.69. The van der Waals surface area contributed by atoms with Crippen LogP contribution in [0.1, 0.15) is 59.3 Å². The first-order chi connectivity index (χ1) is 22.0. The van der Waals surface area contributed by atoms with Gasteiger partial charge in [0.1, 0.15) is 5.69 Å². The maximum absolute atomic E-state index is 13.0. The molecule has 2 N–H and O–H groups in total. The minimum Gasteiger partial charge on any atom is -0.303 e. The third-order valence-electron chi connectivity index (χ3n) is 8.82. The third kappa shape index (κ3) is 6.03. The Kier molecular flexibility index (Phi) is 8.45. The fourth-order valence-electron chi connectivity index (χ4n) is 6.44. The molecular weight excluding hydrogens is 608 g/mol. The molecule has 1 atom stereocenters. The molecule has 3 amide bonds. The van der Waals surface area contributed by atoms with Gasteiger partial charge in [-0.15, -0.1) is 0 Å². The molecular formula is C32H34N8O5S. The van der Waals surface area contributed by atoms with E-state index in [9.17, 15) is 28.1 Å². The molecule has 0 saturated carbocycles. The van der Waals surface area contributed by atoms with Crippen LogP contribution >= 0.6 is 0 Å². The highest BCUT2D eigenvalue weighted by atomic mass is 32.2. The minimum atomic E-state index is -4.31. The number of rotatable bonds is 8. The number of aromatic nitrogens is 4. The number of hydrogen-bond acceptors (Lipinski definition) is 9. The van der Waals surface area contributed by atoms with Crippen LogP contribution in [0, 0.1) is 17.2 Å². The molecule has 238 valence electrons. The Morgan fingerprint density at radius 2 is 1.89 bits per heavy atom. The van der Waals surface area contributed by atoms with Crippen LogP contribution in [-0.2, 0) is 28.1 Å². The van der Waals surface area contributed by atoms with Gasteiger partial charge in [-0.25, -0.2) is 13.2 Å². The number of imide groups is 1. The number of nitriles is 1. The highest BCUT2D eigenvalue weighted by Gasteiger charge is 2.30. The van der Waals surface area contributed by atoms with Crippen molar-refractivity contribution in [1.29, 1.82) is 5.26 Å². The number of anilines is 1. The second-order valence-electron chi connectivity index (χ2n) is 12.0. The molecule has 4 heterocycles. The molecule has 2 aromatic heterocycles. The molecule has 14 heteroatoms. The van der Waals surface area contributed by atoms with Crippen LogP contribution in [0.3, 0.4) is 0 Å². The Morgan fingerprint density at radius 3 is 2.59 bits per heavy atom. The van der Waals surface area contributed by atoms with Crippen molar-refractivity contribution in [3.8, 4) is 6.07 Å². The van der Waals surface area contributed by atoms with Crippen molar-refractivity contribution < 1.29 is 22.8 Å². The van der Waals surface area contributed by atoms with Gasteiger partial charge in [0.2, 0.25) is 15.7 Å². The van der Waals surface area contributed by atoms with E-state index in [1.807, 2.05) is 13.1 Å². The number of benzene rings is 2. The normalized spacial score (nSPS) is 17.2. The number of hydrogen-bond donors (Lipinski definition) is 2. The molecule has 2 fully saturated rings. The van der Waals surface area contributed by atoms with Crippen LogP contribution in [0.2, 0.25) is 0 Å². The first-order valence-electron chi connectivity index (χ1n) is 15.2. The van der Waals surface area contributed by atoms with E-state index in [4.69, 9.17) is 0 Å². The second kappa shape index (κ2) is 12.5. The number of nitrogens with zero attached hydrogens (tertiary/aromatic N) is 6. The topological polar surface area (TPSA) is 174 Å². The molecule has 2 aliphatic heterocycles. The first kappa shape index (κ1) is 31.1. The number of piperidine rings is 1. The SMILES string of the molecule is CC(Cc1cc(S(=O)(=O)C(=O)c2cc[nH]n2)ccc1C#N)CN1CCC(c2ccc3c(N4CCC(=O)NC4=O)nn(C)c3c2)CC1. The van der Waals surface area contributed by atoms with Gasteiger partial charge in [0, 0.05) is 38.1 Å². The zero-order chi connectivity index (χ0) is 32.6. The standard InChI is InChI=1S/C32H34N8O5S/c1-20(15-24-16-25(5-3-23(24)18-33)46(44,45)31(42)27-7-11-34-36-27)19-39-12-8-21(9-13-39)22-4-6-26-28(17-22)38(2)37-30(26)40-14-10-29(41)35-32(40)43/h3-7,11,16-17,20-21H,8-10,12-15,19H2,1-2H3,(H,34,36)(H,35,41,43). The van der Waals surface area contributed by atoms with Crippen molar-refractivity contribution in [2.45, 2.75) is 43.4 Å². The second-order valence-corrected chi connectivity index (χ2v) is 13.9. The fourth-order valence-corrected chi connectivity index (χ4v) is 7.59. The average molecular weight is 643 g/mol. The van der Waals surface area contributed by atoms with Gasteiger partial charge in [-0.1, -0.05) is 13.0 Å². The molecule has 6 rings (SSSR count). The van der Waals surface area contributed by atoms with E-state index in [1.165, 1.54) is 40.9 Å². The van der Waals surface area contributed by atoms with E-state index in [0.29, 0.717) is 35.8 Å². The van der Waals surface area contributed by atoms with Gasteiger partial charge in [-0.2, -0.15) is 15.5 Å². The van der Waals surface area contributed by atoms with Crippen molar-refractivity contribution in [2.24, 2.45) is 13.0 Å². The lowest BCUT2D eigenvalue weighted by molar-refractivity contribution is -0.120. The van der Waals surface area contributed by atoms with Gasteiger partial charge in [0.05, 0.1) is 22.0 Å². The number of carbonyl (C=O) groups is 3. The van der Waals surface area contributed by atoms with Gasteiger partial charge in [-0.3, -0.25) is 29.6 Å². The number of aromatic amines is 1. The summed E-state index contributed by atoms with van der Waals surface area (Å²) in [6.07, 6.45) is 4.04. The summed E-state index contributed by atoms with van der Waals surface area (Å²) in [5.74, 6) is 0.764. The van der Waals surface area contributed by atoms with E-state index >= 15 is 0 Å². The largest absolute Gasteiger partial charge is 0.329 e. The highest BCUT2D eigenvalue weighted by Crippen LogP contribution is 2.34. The quantitative estimate of drug-likeness (QED) is 0.292. The Hall–Kier alpha value is -4.87. The molecule has 46 heavy (non-hydrogen) atoms. The monoisotopic (exact) mass is 642 g/mol. The number of likely N-dealkylation sites (tertiary alicyclic amines) is 1. The zero-order valence-electron chi connectivity index (χ0n) is 25.6. The van der Waals surface area contributed by atoms with E-state index in [0.717, 1.165) is 43.4 Å². The zero-order valence-corrected chi connectivity index (χ0v) is 26.4. The van der Waals surface area contributed by atoms with E-state index in [2.05, 4.69) is 50.6 Å². The number of amides is 3. The number of nitrogens with one attached hydrogen (secondary N) is 2. The lowest BCUT2D eigenvalue weighted by atomic mass is 9.88. The van der Waals surface area contributed by atoms with Crippen LogP contribution in [0.15, 0.2) is 53.6 Å². The van der Waals surface area contributed by atoms with Crippen LogP contribution in [0.25, 0.3) is 10.9 Å².